The van der Waals surface area contributed by atoms with E-state index in [1.54, 1.807) is 33.5 Å². The zero-order chi connectivity index (χ0) is 14.7. The Labute approximate surface area is 128 Å². The van der Waals surface area contributed by atoms with Crippen molar-refractivity contribution in [3.05, 3.63) is 49.6 Å². The minimum absolute atomic E-state index is 0.124. The van der Waals surface area contributed by atoms with E-state index < -0.39 is 10.7 Å². The van der Waals surface area contributed by atoms with Gasteiger partial charge in [-0.15, -0.1) is 0 Å². The van der Waals surface area contributed by atoms with Gasteiger partial charge in [0, 0.05) is 44.0 Å². The third kappa shape index (κ3) is 3.24. The lowest BCUT2D eigenvalue weighted by molar-refractivity contribution is -0.384. The molecule has 0 radical (unpaired) electrons. The predicted octanol–water partition coefficient (Wildman–Crippen LogP) is 2.73. The molecule has 2 aromatic rings. The van der Waals surface area contributed by atoms with Gasteiger partial charge < -0.3 is 5.32 Å². The number of hydrogen-bond donors (Lipinski definition) is 1. The maximum atomic E-state index is 13.5. The molecule has 6 nitrogen and oxygen atoms in total. The number of nitro benzene ring substituents is 1. The summed E-state index contributed by atoms with van der Waals surface area (Å²) < 4.78 is 15.5. The fourth-order valence-corrected chi connectivity index (χ4v) is 2.25. The maximum Gasteiger partial charge on any atom is 0.293 e. The number of nitro groups is 1. The number of nitrogens with zero attached hydrogens (tertiary/aromatic N) is 3. The largest absolute Gasteiger partial charge is 0.379 e. The molecule has 1 N–H and O–H groups in total. The Morgan fingerprint density at radius 1 is 1.55 bits per heavy atom. The lowest BCUT2D eigenvalue weighted by atomic mass is 10.2. The molecule has 0 aliphatic heterocycles. The first-order chi connectivity index (χ1) is 9.49. The van der Waals surface area contributed by atoms with Gasteiger partial charge in [-0.3, -0.25) is 14.8 Å². The van der Waals surface area contributed by atoms with E-state index in [9.17, 15) is 14.5 Å². The maximum absolute atomic E-state index is 13.5. The highest BCUT2D eigenvalue weighted by atomic mass is 127. The highest BCUT2D eigenvalue weighted by Gasteiger charge is 2.17. The van der Waals surface area contributed by atoms with Crippen molar-refractivity contribution < 1.29 is 9.31 Å². The second kappa shape index (κ2) is 6.16. The summed E-state index contributed by atoms with van der Waals surface area (Å²) in [5.41, 5.74) is 1.06. The summed E-state index contributed by atoms with van der Waals surface area (Å²) >= 11 is 1.73. The third-order valence-electron chi connectivity index (χ3n) is 2.85. The zero-order valence-corrected chi connectivity index (χ0v) is 12.8. The van der Waals surface area contributed by atoms with Crippen LogP contribution in [-0.4, -0.2) is 21.2 Å². The topological polar surface area (TPSA) is 73.0 Å². The van der Waals surface area contributed by atoms with Crippen LogP contribution in [-0.2, 0) is 13.5 Å². The summed E-state index contributed by atoms with van der Waals surface area (Å²) in [6.45, 7) is 0.459. The quantitative estimate of drug-likeness (QED) is 0.484. The van der Waals surface area contributed by atoms with Gasteiger partial charge in [0.15, 0.2) is 0 Å². The van der Waals surface area contributed by atoms with Crippen LogP contribution in [0.15, 0.2) is 24.4 Å². The normalized spacial score (nSPS) is 10.6. The Balaban J connectivity index is 2.11. The number of anilines is 1. The average molecular weight is 390 g/mol. The van der Waals surface area contributed by atoms with Gasteiger partial charge in [-0.1, -0.05) is 0 Å². The molecule has 20 heavy (non-hydrogen) atoms. The van der Waals surface area contributed by atoms with Crippen LogP contribution in [0.5, 0.6) is 0 Å². The van der Waals surface area contributed by atoms with E-state index in [4.69, 9.17) is 0 Å². The minimum Gasteiger partial charge on any atom is -0.379 e. The van der Waals surface area contributed by atoms with Crippen molar-refractivity contribution in [3.8, 4) is 0 Å². The van der Waals surface area contributed by atoms with Gasteiger partial charge >= 0.3 is 0 Å². The molecule has 8 heteroatoms. The van der Waals surface area contributed by atoms with E-state index >= 15 is 0 Å². The van der Waals surface area contributed by atoms with Crippen molar-refractivity contribution in [1.29, 1.82) is 0 Å². The first-order valence-electron chi connectivity index (χ1n) is 5.83. The first kappa shape index (κ1) is 14.7. The second-order valence-electron chi connectivity index (χ2n) is 4.16. The van der Waals surface area contributed by atoms with Crippen LogP contribution in [0.2, 0.25) is 0 Å². The van der Waals surface area contributed by atoms with E-state index in [-0.39, 0.29) is 14.9 Å². The molecular weight excluding hydrogens is 378 g/mol. The van der Waals surface area contributed by atoms with Crippen LogP contribution in [0, 0.1) is 19.5 Å². The van der Waals surface area contributed by atoms with Crippen LogP contribution < -0.4 is 5.32 Å². The lowest BCUT2D eigenvalue weighted by Gasteiger charge is -2.08. The van der Waals surface area contributed by atoms with Crippen molar-refractivity contribution >= 4 is 34.0 Å². The first-order valence-corrected chi connectivity index (χ1v) is 6.91. The standard InChI is InChI=1S/C12H12FIN4O2/c1-17-8(3-5-16-17)2-4-15-11-6-9(13)10(14)7-12(11)18(19)20/h3,5-7,15H,2,4H2,1H3. The van der Waals surface area contributed by atoms with Gasteiger partial charge in [-0.05, 0) is 28.7 Å². The Morgan fingerprint density at radius 2 is 2.30 bits per heavy atom. The molecule has 106 valence electrons. The summed E-state index contributed by atoms with van der Waals surface area (Å²) in [5, 5.41) is 17.9. The molecule has 1 aromatic carbocycles. The third-order valence-corrected chi connectivity index (χ3v) is 3.68. The molecule has 0 amide bonds. The van der Waals surface area contributed by atoms with Crippen LogP contribution in [0.1, 0.15) is 5.69 Å². The molecule has 0 saturated carbocycles. The highest BCUT2D eigenvalue weighted by molar-refractivity contribution is 14.1. The van der Waals surface area contributed by atoms with E-state index in [1.807, 2.05) is 13.1 Å². The van der Waals surface area contributed by atoms with E-state index in [0.717, 1.165) is 11.8 Å². The smallest absolute Gasteiger partial charge is 0.293 e. The Morgan fingerprint density at radius 3 is 2.90 bits per heavy atom. The van der Waals surface area contributed by atoms with Crippen LogP contribution in [0.25, 0.3) is 0 Å². The number of rotatable bonds is 5. The number of halogens is 2. The molecule has 0 fully saturated rings. The second-order valence-corrected chi connectivity index (χ2v) is 5.33. The van der Waals surface area contributed by atoms with Crippen molar-refractivity contribution in [1.82, 2.24) is 9.78 Å². The summed E-state index contributed by atoms with van der Waals surface area (Å²) in [7, 11) is 1.82. The van der Waals surface area contributed by atoms with Crippen LogP contribution in [0.3, 0.4) is 0 Å². The molecule has 0 spiro atoms. The predicted molar refractivity (Wildman–Crippen MR) is 81.2 cm³/mol. The van der Waals surface area contributed by atoms with Gasteiger partial charge in [0.05, 0.1) is 8.49 Å². The molecule has 0 saturated heterocycles. The van der Waals surface area contributed by atoms with Gasteiger partial charge in [0.2, 0.25) is 0 Å². The molecule has 2 rings (SSSR count). The fourth-order valence-electron chi connectivity index (χ4n) is 1.80. The lowest BCUT2D eigenvalue weighted by Crippen LogP contribution is -2.10. The van der Waals surface area contributed by atoms with Crippen molar-refractivity contribution in [3.63, 3.8) is 0 Å². The van der Waals surface area contributed by atoms with Gasteiger partial charge in [0.1, 0.15) is 11.5 Å². The molecular formula is C12H12FIN4O2. The fraction of sp³-hybridized carbons (Fsp3) is 0.250. The molecule has 1 aromatic heterocycles. The number of nitrogens with one attached hydrogen (secondary N) is 1. The van der Waals surface area contributed by atoms with Gasteiger partial charge in [0.25, 0.3) is 5.69 Å². The summed E-state index contributed by atoms with van der Waals surface area (Å²) in [6, 6.07) is 4.25. The molecule has 0 atom stereocenters. The van der Waals surface area contributed by atoms with E-state index in [1.165, 1.54) is 6.07 Å². The summed E-state index contributed by atoms with van der Waals surface area (Å²) in [4.78, 5) is 10.4. The van der Waals surface area contributed by atoms with Crippen LogP contribution >= 0.6 is 22.6 Å². The number of aryl methyl sites for hydroxylation is 1. The van der Waals surface area contributed by atoms with E-state index in [0.29, 0.717) is 13.0 Å². The molecule has 0 aliphatic rings. The molecule has 0 unspecified atom stereocenters. The van der Waals surface area contributed by atoms with Crippen molar-refractivity contribution in [2.45, 2.75) is 6.42 Å². The van der Waals surface area contributed by atoms with Crippen LogP contribution in [0.4, 0.5) is 15.8 Å². The zero-order valence-electron chi connectivity index (χ0n) is 10.6. The highest BCUT2D eigenvalue weighted by Crippen LogP contribution is 2.28. The van der Waals surface area contributed by atoms with Gasteiger partial charge in [-0.2, -0.15) is 5.10 Å². The SMILES string of the molecule is Cn1nccc1CCNc1cc(F)c(I)cc1[N+](=O)[O-]. The van der Waals surface area contributed by atoms with E-state index in [2.05, 4.69) is 10.4 Å². The number of hydrogen-bond acceptors (Lipinski definition) is 4. The number of aromatic nitrogens is 2. The molecule has 0 aliphatic carbocycles. The van der Waals surface area contributed by atoms with Gasteiger partial charge in [-0.25, -0.2) is 4.39 Å². The monoisotopic (exact) mass is 390 g/mol. The molecule has 0 bridgehead atoms. The molecule has 1 heterocycles. The Kier molecular flexibility index (Phi) is 4.53. The number of benzene rings is 1. The van der Waals surface area contributed by atoms with Crippen molar-refractivity contribution in [2.24, 2.45) is 7.05 Å². The van der Waals surface area contributed by atoms with Crippen molar-refractivity contribution in [2.75, 3.05) is 11.9 Å². The Hall–Kier alpha value is -1.71. The summed E-state index contributed by atoms with van der Waals surface area (Å²) in [6.07, 6.45) is 2.32. The summed E-state index contributed by atoms with van der Waals surface area (Å²) in [5.74, 6) is -0.473. The minimum atomic E-state index is -0.520. The average Bonchev–Trinajstić information content (AvgIpc) is 2.79. The Bertz CT molecular complexity index is 644.